The van der Waals surface area contributed by atoms with Crippen LogP contribution in [-0.4, -0.2) is 21.2 Å². The number of hydrogen-bond donors (Lipinski definition) is 1. The number of thioether (sulfide) groups is 1. The van der Waals surface area contributed by atoms with Crippen LogP contribution in [-0.2, 0) is 6.18 Å². The summed E-state index contributed by atoms with van der Waals surface area (Å²) >= 11 is 1.56. The molecule has 0 saturated carbocycles. The van der Waals surface area contributed by atoms with E-state index in [0.717, 1.165) is 4.90 Å². The van der Waals surface area contributed by atoms with Crippen LogP contribution in [0.4, 0.5) is 13.2 Å². The number of halogens is 3. The zero-order chi connectivity index (χ0) is 16.4. The van der Waals surface area contributed by atoms with Crippen LogP contribution in [0.1, 0.15) is 5.82 Å². The van der Waals surface area contributed by atoms with Crippen LogP contribution < -0.4 is 0 Å². The quantitative estimate of drug-likeness (QED) is 0.694. The van der Waals surface area contributed by atoms with Crippen molar-refractivity contribution < 1.29 is 13.2 Å². The third kappa shape index (κ3) is 3.24. The van der Waals surface area contributed by atoms with Crippen LogP contribution in [0.25, 0.3) is 22.5 Å². The van der Waals surface area contributed by atoms with E-state index in [1.165, 1.54) is 6.20 Å². The molecule has 0 fully saturated rings. The number of alkyl halides is 3. The lowest BCUT2D eigenvalue weighted by Crippen LogP contribution is -2.07. The van der Waals surface area contributed by atoms with Gasteiger partial charge in [0.2, 0.25) is 5.82 Å². The molecule has 0 radical (unpaired) electrons. The van der Waals surface area contributed by atoms with Crippen molar-refractivity contribution in [2.75, 3.05) is 6.26 Å². The van der Waals surface area contributed by atoms with Gasteiger partial charge in [-0.25, -0.2) is 4.98 Å². The summed E-state index contributed by atoms with van der Waals surface area (Å²) in [6.45, 7) is 0. The lowest BCUT2D eigenvalue weighted by atomic mass is 10.1. The number of rotatable bonds is 3. The number of imidazole rings is 1. The first-order valence-corrected chi connectivity index (χ1v) is 7.93. The zero-order valence-corrected chi connectivity index (χ0v) is 12.9. The lowest BCUT2D eigenvalue weighted by Gasteiger charge is -2.03. The van der Waals surface area contributed by atoms with Crippen molar-refractivity contribution in [3.8, 4) is 22.5 Å². The Morgan fingerprint density at radius 2 is 1.78 bits per heavy atom. The van der Waals surface area contributed by atoms with E-state index in [9.17, 15) is 13.2 Å². The Bertz CT molecular complexity index is 796. The summed E-state index contributed by atoms with van der Waals surface area (Å²) in [5, 5.41) is 0. The molecule has 23 heavy (non-hydrogen) atoms. The van der Waals surface area contributed by atoms with Gasteiger partial charge in [-0.05, 0) is 30.5 Å². The topological polar surface area (TPSA) is 41.6 Å². The Hall–Kier alpha value is -2.28. The highest BCUT2D eigenvalue weighted by Crippen LogP contribution is 2.35. The largest absolute Gasteiger partial charge is 0.449 e. The van der Waals surface area contributed by atoms with Gasteiger partial charge in [0.1, 0.15) is 0 Å². The number of nitrogens with zero attached hydrogens (tertiary/aromatic N) is 2. The fourth-order valence-electron chi connectivity index (χ4n) is 2.18. The first-order valence-electron chi connectivity index (χ1n) is 6.71. The minimum atomic E-state index is -4.53. The Labute approximate surface area is 135 Å². The molecule has 0 spiro atoms. The molecule has 0 saturated heterocycles. The number of nitrogens with one attached hydrogen (secondary N) is 1. The minimum absolute atomic E-state index is 0.262. The van der Waals surface area contributed by atoms with E-state index in [-0.39, 0.29) is 5.69 Å². The molecular formula is C16H12F3N3S. The fraction of sp³-hybridized carbons (Fsp3) is 0.125. The second kappa shape index (κ2) is 6.08. The highest BCUT2D eigenvalue weighted by atomic mass is 32.2. The molecule has 7 heteroatoms. The van der Waals surface area contributed by atoms with E-state index in [1.807, 2.05) is 18.4 Å². The van der Waals surface area contributed by atoms with E-state index in [4.69, 9.17) is 0 Å². The van der Waals surface area contributed by atoms with Crippen molar-refractivity contribution >= 4 is 11.8 Å². The number of aromatic nitrogens is 3. The standard InChI is InChI=1S/C16H12F3N3S/c1-23-12-6-4-10(5-7-12)13-14(11-3-2-8-20-9-11)22-15(21-13)16(17,18)19/h2-9H,1H3,(H,21,22). The summed E-state index contributed by atoms with van der Waals surface area (Å²) in [5.74, 6) is -1.01. The summed E-state index contributed by atoms with van der Waals surface area (Å²) in [5.41, 5.74) is 1.74. The van der Waals surface area contributed by atoms with Gasteiger partial charge >= 0.3 is 6.18 Å². The van der Waals surface area contributed by atoms with Gasteiger partial charge in [0.05, 0.1) is 11.4 Å². The molecule has 2 heterocycles. The summed E-state index contributed by atoms with van der Waals surface area (Å²) in [4.78, 5) is 11.1. The van der Waals surface area contributed by atoms with Crippen molar-refractivity contribution in [3.05, 3.63) is 54.6 Å². The monoisotopic (exact) mass is 335 g/mol. The van der Waals surface area contributed by atoms with Crippen LogP contribution in [0.5, 0.6) is 0 Å². The van der Waals surface area contributed by atoms with E-state index >= 15 is 0 Å². The predicted octanol–water partition coefficient (Wildman–Crippen LogP) is 4.88. The summed E-state index contributed by atoms with van der Waals surface area (Å²) < 4.78 is 39.1. The second-order valence-corrected chi connectivity index (χ2v) is 5.66. The predicted molar refractivity (Wildman–Crippen MR) is 84.0 cm³/mol. The summed E-state index contributed by atoms with van der Waals surface area (Å²) in [6.07, 6.45) is 0.478. The molecule has 3 aromatic rings. The van der Waals surface area contributed by atoms with Gasteiger partial charge in [-0.3, -0.25) is 4.98 Å². The number of hydrogen-bond acceptors (Lipinski definition) is 3. The summed E-state index contributed by atoms with van der Waals surface area (Å²) in [6, 6.07) is 10.6. The highest BCUT2D eigenvalue weighted by molar-refractivity contribution is 7.98. The minimum Gasteiger partial charge on any atom is -0.334 e. The number of aromatic amines is 1. The number of benzene rings is 1. The molecule has 0 aliphatic rings. The van der Waals surface area contributed by atoms with E-state index in [1.54, 1.807) is 42.2 Å². The van der Waals surface area contributed by atoms with E-state index in [0.29, 0.717) is 16.8 Å². The molecule has 2 aromatic heterocycles. The van der Waals surface area contributed by atoms with Gasteiger partial charge in [0.15, 0.2) is 0 Å². The van der Waals surface area contributed by atoms with E-state index < -0.39 is 12.0 Å². The van der Waals surface area contributed by atoms with Crippen LogP contribution in [0.15, 0.2) is 53.7 Å². The highest BCUT2D eigenvalue weighted by Gasteiger charge is 2.36. The Morgan fingerprint density at radius 3 is 2.35 bits per heavy atom. The van der Waals surface area contributed by atoms with Gasteiger partial charge in [0.25, 0.3) is 0 Å². The first kappa shape index (κ1) is 15.6. The molecule has 3 nitrogen and oxygen atoms in total. The number of H-pyrrole nitrogens is 1. The van der Waals surface area contributed by atoms with Gasteiger partial charge in [-0.2, -0.15) is 13.2 Å². The van der Waals surface area contributed by atoms with Crippen LogP contribution in [0, 0.1) is 0 Å². The van der Waals surface area contributed by atoms with Gasteiger partial charge in [0, 0.05) is 28.4 Å². The SMILES string of the molecule is CSc1ccc(-c2nc(C(F)(F)F)[nH]c2-c2cccnc2)cc1. The van der Waals surface area contributed by atoms with Crippen molar-refractivity contribution in [2.24, 2.45) is 0 Å². The van der Waals surface area contributed by atoms with Gasteiger partial charge < -0.3 is 4.98 Å². The molecule has 0 amide bonds. The fourth-order valence-corrected chi connectivity index (χ4v) is 2.59. The molecule has 1 N–H and O–H groups in total. The average molecular weight is 335 g/mol. The molecule has 0 atom stereocenters. The Balaban J connectivity index is 2.15. The molecule has 1 aromatic carbocycles. The average Bonchev–Trinajstić information content (AvgIpc) is 3.01. The normalized spacial score (nSPS) is 11.7. The third-order valence-corrected chi connectivity index (χ3v) is 4.03. The molecule has 0 unspecified atom stereocenters. The molecule has 3 rings (SSSR count). The lowest BCUT2D eigenvalue weighted by molar-refractivity contribution is -0.144. The zero-order valence-electron chi connectivity index (χ0n) is 12.1. The van der Waals surface area contributed by atoms with Crippen molar-refractivity contribution in [1.29, 1.82) is 0 Å². The second-order valence-electron chi connectivity index (χ2n) is 4.78. The van der Waals surface area contributed by atoms with Gasteiger partial charge in [-0.15, -0.1) is 11.8 Å². The molecule has 0 aliphatic heterocycles. The van der Waals surface area contributed by atoms with Crippen LogP contribution in [0.2, 0.25) is 0 Å². The maximum absolute atomic E-state index is 13.0. The van der Waals surface area contributed by atoms with Crippen LogP contribution in [0.3, 0.4) is 0 Å². The Morgan fingerprint density at radius 1 is 1.04 bits per heavy atom. The maximum Gasteiger partial charge on any atom is 0.449 e. The molecular weight excluding hydrogens is 323 g/mol. The van der Waals surface area contributed by atoms with Crippen LogP contribution >= 0.6 is 11.8 Å². The molecule has 0 bridgehead atoms. The van der Waals surface area contributed by atoms with Crippen molar-refractivity contribution in [1.82, 2.24) is 15.0 Å². The Kier molecular flexibility index (Phi) is 4.12. The smallest absolute Gasteiger partial charge is 0.334 e. The first-order chi connectivity index (χ1) is 11.0. The number of pyridine rings is 1. The van der Waals surface area contributed by atoms with Crippen molar-refractivity contribution in [2.45, 2.75) is 11.1 Å². The summed E-state index contributed by atoms with van der Waals surface area (Å²) in [7, 11) is 0. The van der Waals surface area contributed by atoms with Crippen molar-refractivity contribution in [3.63, 3.8) is 0 Å². The third-order valence-electron chi connectivity index (χ3n) is 3.29. The van der Waals surface area contributed by atoms with E-state index in [2.05, 4.69) is 15.0 Å². The molecule has 118 valence electrons. The molecule has 0 aliphatic carbocycles. The maximum atomic E-state index is 13.0. The van der Waals surface area contributed by atoms with Gasteiger partial charge in [-0.1, -0.05) is 12.1 Å².